The molecule has 1 aromatic rings. The smallest absolute Gasteiger partial charge is 0.220 e. The van der Waals surface area contributed by atoms with Gasteiger partial charge in [0.1, 0.15) is 0 Å². The number of rotatable bonds is 5. The molecule has 0 radical (unpaired) electrons. The molecule has 0 aliphatic carbocycles. The zero-order valence-electron chi connectivity index (χ0n) is 10.2. The van der Waals surface area contributed by atoms with E-state index in [1.54, 1.807) is 6.07 Å². The van der Waals surface area contributed by atoms with E-state index in [1.165, 1.54) is 12.1 Å². The largest absolute Gasteiger partial charge is 0.504 e. The molecule has 0 unspecified atom stereocenters. The molecule has 0 aliphatic heterocycles. The molecule has 4 nitrogen and oxygen atoms in total. The van der Waals surface area contributed by atoms with Gasteiger partial charge in [-0.3, -0.25) is 4.79 Å². The van der Waals surface area contributed by atoms with Crippen molar-refractivity contribution in [3.63, 3.8) is 0 Å². The van der Waals surface area contributed by atoms with Crippen molar-refractivity contribution >= 4 is 5.91 Å². The van der Waals surface area contributed by atoms with Gasteiger partial charge in [-0.25, -0.2) is 0 Å². The van der Waals surface area contributed by atoms with E-state index in [-0.39, 0.29) is 17.4 Å². The first-order valence-corrected chi connectivity index (χ1v) is 5.76. The lowest BCUT2D eigenvalue weighted by molar-refractivity contribution is -0.121. The van der Waals surface area contributed by atoms with Gasteiger partial charge in [-0.05, 0) is 30.0 Å². The van der Waals surface area contributed by atoms with Crippen molar-refractivity contribution in [2.45, 2.75) is 26.7 Å². The van der Waals surface area contributed by atoms with E-state index in [0.29, 0.717) is 25.3 Å². The highest BCUT2D eigenvalue weighted by Gasteiger charge is 2.05. The molecule has 0 saturated carbocycles. The monoisotopic (exact) mass is 237 g/mol. The second-order valence-corrected chi connectivity index (χ2v) is 4.52. The minimum Gasteiger partial charge on any atom is -0.504 e. The molecule has 17 heavy (non-hydrogen) atoms. The fraction of sp³-hybridized carbons (Fsp3) is 0.462. The molecule has 0 bridgehead atoms. The fourth-order valence-corrected chi connectivity index (χ4v) is 1.39. The predicted octanol–water partition coefficient (Wildman–Crippen LogP) is 1.80. The topological polar surface area (TPSA) is 69.6 Å². The van der Waals surface area contributed by atoms with Gasteiger partial charge in [-0.2, -0.15) is 0 Å². The number of aryl methyl sites for hydroxylation is 1. The van der Waals surface area contributed by atoms with Gasteiger partial charge in [-0.15, -0.1) is 0 Å². The molecule has 3 N–H and O–H groups in total. The van der Waals surface area contributed by atoms with Gasteiger partial charge >= 0.3 is 0 Å². The lowest BCUT2D eigenvalue weighted by atomic mass is 10.1. The Morgan fingerprint density at radius 3 is 2.59 bits per heavy atom. The van der Waals surface area contributed by atoms with Crippen molar-refractivity contribution in [3.8, 4) is 11.5 Å². The lowest BCUT2D eigenvalue weighted by Crippen LogP contribution is -2.27. The number of hydrogen-bond donors (Lipinski definition) is 3. The summed E-state index contributed by atoms with van der Waals surface area (Å²) in [5.74, 6) is 0.158. The maximum Gasteiger partial charge on any atom is 0.220 e. The van der Waals surface area contributed by atoms with E-state index < -0.39 is 0 Å². The number of phenolic OH excluding ortho intramolecular Hbond substituents is 2. The van der Waals surface area contributed by atoms with Gasteiger partial charge in [0, 0.05) is 13.0 Å². The van der Waals surface area contributed by atoms with Gasteiger partial charge in [-0.1, -0.05) is 19.9 Å². The summed E-state index contributed by atoms with van der Waals surface area (Å²) < 4.78 is 0. The van der Waals surface area contributed by atoms with E-state index in [4.69, 9.17) is 5.11 Å². The summed E-state index contributed by atoms with van der Waals surface area (Å²) >= 11 is 0. The number of phenols is 2. The summed E-state index contributed by atoms with van der Waals surface area (Å²) in [7, 11) is 0. The third-order valence-corrected chi connectivity index (χ3v) is 2.39. The highest BCUT2D eigenvalue weighted by Crippen LogP contribution is 2.25. The molecular formula is C13H19NO3. The molecule has 1 aromatic carbocycles. The lowest BCUT2D eigenvalue weighted by Gasteiger charge is -2.07. The number of amides is 1. The highest BCUT2D eigenvalue weighted by molar-refractivity contribution is 5.76. The van der Waals surface area contributed by atoms with Crippen LogP contribution in [0.25, 0.3) is 0 Å². The summed E-state index contributed by atoms with van der Waals surface area (Å²) in [5, 5.41) is 21.3. The highest BCUT2D eigenvalue weighted by atomic mass is 16.3. The van der Waals surface area contributed by atoms with Gasteiger partial charge in [0.25, 0.3) is 0 Å². The molecular weight excluding hydrogens is 218 g/mol. The summed E-state index contributed by atoms with van der Waals surface area (Å²) in [6.07, 6.45) is 0.939. The van der Waals surface area contributed by atoms with Gasteiger partial charge in [0.05, 0.1) is 0 Å². The Bertz CT molecular complexity index is 388. The van der Waals surface area contributed by atoms with Crippen LogP contribution in [0.5, 0.6) is 11.5 Å². The summed E-state index contributed by atoms with van der Waals surface area (Å²) in [6.45, 7) is 4.76. The second-order valence-electron chi connectivity index (χ2n) is 4.52. The third-order valence-electron chi connectivity index (χ3n) is 2.39. The maximum atomic E-state index is 11.4. The van der Waals surface area contributed by atoms with Crippen LogP contribution < -0.4 is 5.32 Å². The van der Waals surface area contributed by atoms with E-state index in [9.17, 15) is 9.90 Å². The van der Waals surface area contributed by atoms with Crippen molar-refractivity contribution in [3.05, 3.63) is 23.8 Å². The second kappa shape index (κ2) is 6.13. The molecule has 1 amide bonds. The molecule has 0 heterocycles. The Kier molecular flexibility index (Phi) is 4.82. The van der Waals surface area contributed by atoms with E-state index >= 15 is 0 Å². The van der Waals surface area contributed by atoms with E-state index in [2.05, 4.69) is 5.32 Å². The first-order chi connectivity index (χ1) is 7.99. The zero-order valence-corrected chi connectivity index (χ0v) is 10.2. The number of carbonyl (C=O) groups is 1. The number of benzene rings is 1. The molecule has 94 valence electrons. The molecule has 0 aromatic heterocycles. The predicted molar refractivity (Wildman–Crippen MR) is 65.9 cm³/mol. The van der Waals surface area contributed by atoms with Crippen molar-refractivity contribution in [1.29, 1.82) is 0 Å². The molecule has 0 saturated heterocycles. The van der Waals surface area contributed by atoms with E-state index in [0.717, 1.165) is 5.56 Å². The number of hydrogen-bond acceptors (Lipinski definition) is 3. The minimum absolute atomic E-state index is 0.00580. The average Bonchev–Trinajstić information content (AvgIpc) is 2.28. The summed E-state index contributed by atoms with van der Waals surface area (Å²) in [5.41, 5.74) is 0.833. The molecule has 1 rings (SSSR count). The average molecular weight is 237 g/mol. The van der Waals surface area contributed by atoms with Crippen molar-refractivity contribution in [2.24, 2.45) is 5.92 Å². The van der Waals surface area contributed by atoms with Crippen LogP contribution in [0.2, 0.25) is 0 Å². The standard InChI is InChI=1S/C13H19NO3/c1-9(2)8-14-13(17)6-4-10-3-5-11(15)12(16)7-10/h3,5,7,9,15-16H,4,6,8H2,1-2H3,(H,14,17). The number of aromatic hydroxyl groups is 2. The molecule has 0 fully saturated rings. The van der Waals surface area contributed by atoms with Gasteiger partial charge < -0.3 is 15.5 Å². The van der Waals surface area contributed by atoms with Crippen LogP contribution in [0.1, 0.15) is 25.8 Å². The van der Waals surface area contributed by atoms with Crippen molar-refractivity contribution < 1.29 is 15.0 Å². The SMILES string of the molecule is CC(C)CNC(=O)CCc1ccc(O)c(O)c1. The summed E-state index contributed by atoms with van der Waals surface area (Å²) in [4.78, 5) is 11.4. The van der Waals surface area contributed by atoms with Crippen molar-refractivity contribution in [2.75, 3.05) is 6.54 Å². The van der Waals surface area contributed by atoms with Crippen LogP contribution in [0.4, 0.5) is 0 Å². The third kappa shape index (κ3) is 4.76. The molecule has 0 aliphatic rings. The van der Waals surface area contributed by atoms with Crippen LogP contribution in [0, 0.1) is 5.92 Å². The Hall–Kier alpha value is -1.71. The Morgan fingerprint density at radius 1 is 1.29 bits per heavy atom. The van der Waals surface area contributed by atoms with Crippen LogP contribution >= 0.6 is 0 Å². The zero-order chi connectivity index (χ0) is 12.8. The van der Waals surface area contributed by atoms with Gasteiger partial charge in [0.15, 0.2) is 11.5 Å². The van der Waals surface area contributed by atoms with Gasteiger partial charge in [0.2, 0.25) is 5.91 Å². The Balaban J connectivity index is 2.39. The van der Waals surface area contributed by atoms with Crippen LogP contribution in [0.3, 0.4) is 0 Å². The van der Waals surface area contributed by atoms with Crippen LogP contribution in [-0.4, -0.2) is 22.7 Å². The normalized spacial score (nSPS) is 10.5. The molecule has 0 atom stereocenters. The molecule has 4 heteroatoms. The first-order valence-electron chi connectivity index (χ1n) is 5.76. The Labute approximate surface area is 101 Å². The quantitative estimate of drug-likeness (QED) is 0.684. The minimum atomic E-state index is -0.148. The summed E-state index contributed by atoms with van der Waals surface area (Å²) in [6, 6.07) is 4.60. The van der Waals surface area contributed by atoms with Crippen molar-refractivity contribution in [1.82, 2.24) is 5.32 Å². The number of carbonyl (C=O) groups excluding carboxylic acids is 1. The number of nitrogens with one attached hydrogen (secondary N) is 1. The van der Waals surface area contributed by atoms with Crippen LogP contribution in [0.15, 0.2) is 18.2 Å². The maximum absolute atomic E-state index is 11.4. The van der Waals surface area contributed by atoms with E-state index in [1.807, 2.05) is 13.8 Å². The Morgan fingerprint density at radius 2 is 2.00 bits per heavy atom. The fourth-order valence-electron chi connectivity index (χ4n) is 1.39. The van der Waals surface area contributed by atoms with Crippen LogP contribution in [-0.2, 0) is 11.2 Å². The molecule has 0 spiro atoms. The first kappa shape index (κ1) is 13.4.